The van der Waals surface area contributed by atoms with Crippen LogP contribution >= 0.6 is 0 Å². The number of aromatic nitrogens is 4. The van der Waals surface area contributed by atoms with Gasteiger partial charge in [0, 0.05) is 23.5 Å². The van der Waals surface area contributed by atoms with Gasteiger partial charge in [-0.3, -0.25) is 9.36 Å². The molecule has 0 fully saturated rings. The zero-order chi connectivity index (χ0) is 13.8. The lowest BCUT2D eigenvalue weighted by Crippen LogP contribution is -2.01. The molecule has 5 heteroatoms. The van der Waals surface area contributed by atoms with Crippen LogP contribution in [0.2, 0.25) is 0 Å². The molecule has 3 rings (SSSR count). The van der Waals surface area contributed by atoms with E-state index in [2.05, 4.69) is 22.3 Å². The van der Waals surface area contributed by atoms with Crippen LogP contribution in [0.25, 0.3) is 11.1 Å². The molecule has 2 aromatic heterocycles. The van der Waals surface area contributed by atoms with Crippen LogP contribution in [0.4, 0.5) is 0 Å². The van der Waals surface area contributed by atoms with Crippen LogP contribution in [-0.4, -0.2) is 31.3 Å². The van der Waals surface area contributed by atoms with E-state index in [-0.39, 0.29) is 6.61 Å². The highest BCUT2D eigenvalue weighted by Gasteiger charge is 2.05. The van der Waals surface area contributed by atoms with Crippen molar-refractivity contribution < 1.29 is 5.11 Å². The summed E-state index contributed by atoms with van der Waals surface area (Å²) in [6.07, 6.45) is 7.55. The van der Waals surface area contributed by atoms with Crippen LogP contribution < -0.4 is 0 Å². The first-order chi connectivity index (χ1) is 9.85. The molecule has 0 unspecified atom stereocenters. The van der Waals surface area contributed by atoms with Crippen molar-refractivity contribution in [3.05, 3.63) is 60.7 Å². The van der Waals surface area contributed by atoms with E-state index in [0.29, 0.717) is 6.54 Å². The lowest BCUT2D eigenvalue weighted by molar-refractivity contribution is 0.269. The summed E-state index contributed by atoms with van der Waals surface area (Å²) in [5.74, 6) is 0. The molecular weight excluding hydrogens is 252 g/mol. The van der Waals surface area contributed by atoms with Gasteiger partial charge in [0.1, 0.15) is 0 Å². The molecule has 0 aliphatic rings. The van der Waals surface area contributed by atoms with Crippen molar-refractivity contribution in [3.8, 4) is 11.1 Å². The van der Waals surface area contributed by atoms with Gasteiger partial charge in [0.05, 0.1) is 32.1 Å². The van der Waals surface area contributed by atoms with Gasteiger partial charge in [-0.25, -0.2) is 0 Å². The Morgan fingerprint density at radius 3 is 2.25 bits per heavy atom. The van der Waals surface area contributed by atoms with Crippen molar-refractivity contribution in [1.29, 1.82) is 0 Å². The lowest BCUT2D eigenvalue weighted by Gasteiger charge is -2.00. The number of hydrogen-bond donors (Lipinski definition) is 1. The quantitative estimate of drug-likeness (QED) is 0.767. The maximum atomic E-state index is 8.89. The Bertz CT molecular complexity index is 672. The molecule has 5 nitrogen and oxygen atoms in total. The Hall–Kier alpha value is -2.40. The van der Waals surface area contributed by atoms with E-state index >= 15 is 0 Å². The predicted molar refractivity (Wildman–Crippen MR) is 76.1 cm³/mol. The lowest BCUT2D eigenvalue weighted by atomic mass is 10.2. The fourth-order valence-electron chi connectivity index (χ4n) is 2.11. The second kappa shape index (κ2) is 5.71. The summed E-state index contributed by atoms with van der Waals surface area (Å²) in [7, 11) is 0. The molecule has 1 aromatic carbocycles. The minimum absolute atomic E-state index is 0.0917. The summed E-state index contributed by atoms with van der Waals surface area (Å²) >= 11 is 0. The first-order valence-corrected chi connectivity index (χ1v) is 6.55. The van der Waals surface area contributed by atoms with Gasteiger partial charge in [-0.1, -0.05) is 30.3 Å². The van der Waals surface area contributed by atoms with Crippen LogP contribution in [0.15, 0.2) is 55.1 Å². The van der Waals surface area contributed by atoms with Gasteiger partial charge < -0.3 is 5.11 Å². The first-order valence-electron chi connectivity index (χ1n) is 6.55. The van der Waals surface area contributed by atoms with Crippen molar-refractivity contribution >= 4 is 0 Å². The fourth-order valence-corrected chi connectivity index (χ4v) is 2.11. The van der Waals surface area contributed by atoms with Crippen molar-refractivity contribution in [2.75, 3.05) is 6.61 Å². The summed E-state index contributed by atoms with van der Waals surface area (Å²) in [5, 5.41) is 17.5. The van der Waals surface area contributed by atoms with Gasteiger partial charge in [0.25, 0.3) is 0 Å². The Balaban J connectivity index is 1.76. The minimum atomic E-state index is 0.0917. The number of aliphatic hydroxyl groups is 1. The molecule has 0 atom stereocenters. The van der Waals surface area contributed by atoms with E-state index in [1.165, 1.54) is 5.56 Å². The van der Waals surface area contributed by atoms with E-state index in [1.54, 1.807) is 10.9 Å². The fraction of sp³-hybridized carbons (Fsp3) is 0.200. The summed E-state index contributed by atoms with van der Waals surface area (Å²) in [5.41, 5.74) is 3.26. The van der Waals surface area contributed by atoms with Crippen LogP contribution in [0.3, 0.4) is 0 Å². The normalized spacial score (nSPS) is 10.8. The summed E-state index contributed by atoms with van der Waals surface area (Å²) in [6.45, 7) is 1.36. The number of aliphatic hydroxyl groups excluding tert-OH is 1. The summed E-state index contributed by atoms with van der Waals surface area (Å²) < 4.78 is 3.64. The Morgan fingerprint density at radius 2 is 1.55 bits per heavy atom. The monoisotopic (exact) mass is 268 g/mol. The summed E-state index contributed by atoms with van der Waals surface area (Å²) in [6, 6.07) is 10.2. The Morgan fingerprint density at radius 1 is 0.900 bits per heavy atom. The van der Waals surface area contributed by atoms with Crippen molar-refractivity contribution in [3.63, 3.8) is 0 Å². The molecule has 0 saturated carbocycles. The first kappa shape index (κ1) is 12.6. The maximum absolute atomic E-state index is 8.89. The van der Waals surface area contributed by atoms with E-state index in [1.807, 2.05) is 41.5 Å². The van der Waals surface area contributed by atoms with Gasteiger partial charge in [0.2, 0.25) is 0 Å². The third-order valence-corrected chi connectivity index (χ3v) is 3.12. The highest BCUT2D eigenvalue weighted by atomic mass is 16.3. The molecule has 0 bridgehead atoms. The van der Waals surface area contributed by atoms with Gasteiger partial charge in [-0.15, -0.1) is 0 Å². The van der Waals surface area contributed by atoms with Crippen molar-refractivity contribution in [2.45, 2.75) is 13.1 Å². The maximum Gasteiger partial charge on any atom is 0.0659 e. The zero-order valence-corrected chi connectivity index (χ0v) is 11.1. The summed E-state index contributed by atoms with van der Waals surface area (Å²) in [4.78, 5) is 0. The van der Waals surface area contributed by atoms with Crippen molar-refractivity contribution in [2.24, 2.45) is 0 Å². The van der Waals surface area contributed by atoms with Gasteiger partial charge >= 0.3 is 0 Å². The standard InChI is InChI=1S/C15H16N4O/c20-7-6-18-11-14(8-16-18)15-9-17-19(12-15)10-13-4-2-1-3-5-13/h1-5,8-9,11-12,20H,6-7,10H2. The second-order valence-corrected chi connectivity index (χ2v) is 4.63. The van der Waals surface area contributed by atoms with Crippen LogP contribution in [0.5, 0.6) is 0 Å². The molecule has 0 spiro atoms. The number of nitrogens with zero attached hydrogens (tertiary/aromatic N) is 4. The molecule has 0 saturated heterocycles. The van der Waals surface area contributed by atoms with Gasteiger partial charge in [0.15, 0.2) is 0 Å². The third-order valence-electron chi connectivity index (χ3n) is 3.12. The topological polar surface area (TPSA) is 55.9 Å². The van der Waals surface area contributed by atoms with E-state index in [0.717, 1.165) is 17.7 Å². The molecule has 0 aliphatic carbocycles. The SMILES string of the molecule is OCCn1cc(-c2cnn(Cc3ccccc3)c2)cn1. The largest absolute Gasteiger partial charge is 0.394 e. The van der Waals surface area contributed by atoms with E-state index in [4.69, 9.17) is 5.11 Å². The number of hydrogen-bond acceptors (Lipinski definition) is 3. The average Bonchev–Trinajstić information content (AvgIpc) is 3.10. The van der Waals surface area contributed by atoms with E-state index in [9.17, 15) is 0 Å². The molecule has 102 valence electrons. The molecule has 0 radical (unpaired) electrons. The molecule has 20 heavy (non-hydrogen) atoms. The number of rotatable bonds is 5. The molecule has 3 aromatic rings. The molecule has 1 N–H and O–H groups in total. The van der Waals surface area contributed by atoms with Gasteiger partial charge in [-0.2, -0.15) is 10.2 Å². The second-order valence-electron chi connectivity index (χ2n) is 4.63. The Kier molecular flexibility index (Phi) is 3.60. The smallest absolute Gasteiger partial charge is 0.0659 e. The van der Waals surface area contributed by atoms with E-state index < -0.39 is 0 Å². The van der Waals surface area contributed by atoms with Crippen LogP contribution in [0, 0.1) is 0 Å². The number of benzene rings is 1. The Labute approximate surface area is 117 Å². The molecule has 0 aliphatic heterocycles. The van der Waals surface area contributed by atoms with Crippen LogP contribution in [0.1, 0.15) is 5.56 Å². The highest BCUT2D eigenvalue weighted by molar-refractivity contribution is 5.59. The van der Waals surface area contributed by atoms with Crippen molar-refractivity contribution in [1.82, 2.24) is 19.6 Å². The third kappa shape index (κ3) is 2.78. The highest BCUT2D eigenvalue weighted by Crippen LogP contribution is 2.17. The average molecular weight is 268 g/mol. The molecule has 0 amide bonds. The predicted octanol–water partition coefficient (Wildman–Crippen LogP) is 1.79. The van der Waals surface area contributed by atoms with Gasteiger partial charge in [-0.05, 0) is 5.56 Å². The zero-order valence-electron chi connectivity index (χ0n) is 11.1. The molecular formula is C15H16N4O. The van der Waals surface area contributed by atoms with Crippen LogP contribution in [-0.2, 0) is 13.1 Å². The minimum Gasteiger partial charge on any atom is -0.394 e. The molecule has 2 heterocycles.